The number of thiazole rings is 1. The highest BCUT2D eigenvalue weighted by atomic mass is 32.1. The van der Waals surface area contributed by atoms with Crippen LogP contribution in [0.5, 0.6) is 0 Å². The molecule has 142 valence electrons. The third-order valence-electron chi connectivity index (χ3n) is 4.19. The molecule has 0 aliphatic rings. The van der Waals surface area contributed by atoms with Gasteiger partial charge in [0.25, 0.3) is 5.91 Å². The number of carbonyl (C=O) groups excluding carboxylic acids is 1. The fourth-order valence-electron chi connectivity index (χ4n) is 2.74. The largest absolute Gasteiger partial charge is 0.332 e. The molecule has 0 aliphatic carbocycles. The Morgan fingerprint density at radius 2 is 1.90 bits per heavy atom. The highest BCUT2D eigenvalue weighted by Gasteiger charge is 2.20. The Balaban J connectivity index is 1.51. The van der Waals surface area contributed by atoms with E-state index in [9.17, 15) is 14.4 Å². The lowest BCUT2D eigenvalue weighted by Crippen LogP contribution is -2.26. The van der Waals surface area contributed by atoms with Crippen molar-refractivity contribution in [3.05, 3.63) is 89.4 Å². The Kier molecular flexibility index (Phi) is 5.14. The fraction of sp³-hybridized carbons (Fsp3) is 0.0476. The molecule has 1 amide bonds. The zero-order valence-electron chi connectivity index (χ0n) is 15.0. The predicted octanol–water partition coefficient (Wildman–Crippen LogP) is 4.13. The van der Waals surface area contributed by atoms with Gasteiger partial charge in [0.15, 0.2) is 0 Å². The lowest BCUT2D eigenvalue weighted by molar-refractivity contribution is 0.0949. The van der Waals surface area contributed by atoms with E-state index in [4.69, 9.17) is 0 Å². The van der Waals surface area contributed by atoms with Crippen molar-refractivity contribution < 1.29 is 9.18 Å². The first-order valence-corrected chi connectivity index (χ1v) is 9.48. The Hall–Kier alpha value is -3.83. The predicted molar refractivity (Wildman–Crippen MR) is 107 cm³/mol. The molecule has 8 heteroatoms. The van der Waals surface area contributed by atoms with Gasteiger partial charge in [-0.25, -0.2) is 14.1 Å². The van der Waals surface area contributed by atoms with Crippen LogP contribution in [0.2, 0.25) is 0 Å². The number of aromatic nitrogens is 3. The van der Waals surface area contributed by atoms with Crippen molar-refractivity contribution in [2.45, 2.75) is 6.04 Å². The molecule has 0 spiro atoms. The van der Waals surface area contributed by atoms with Gasteiger partial charge < -0.3 is 5.32 Å². The number of hydrogen-bond acceptors (Lipinski definition) is 5. The average Bonchev–Trinajstić information content (AvgIpc) is 3.43. The van der Waals surface area contributed by atoms with Gasteiger partial charge in [-0.1, -0.05) is 30.3 Å². The minimum Gasteiger partial charge on any atom is -0.332 e. The number of nitriles is 1. The second kappa shape index (κ2) is 8.04. The Morgan fingerprint density at radius 3 is 2.66 bits per heavy atom. The number of para-hydroxylation sites is 1. The van der Waals surface area contributed by atoms with E-state index in [0.717, 1.165) is 17.0 Å². The molecular formula is C21H14FN5OS. The molecule has 4 aromatic rings. The van der Waals surface area contributed by atoms with Crippen molar-refractivity contribution in [3.63, 3.8) is 0 Å². The van der Waals surface area contributed by atoms with Crippen molar-refractivity contribution in [1.29, 1.82) is 5.26 Å². The molecule has 0 bridgehead atoms. The molecule has 0 saturated heterocycles. The first kappa shape index (κ1) is 18.5. The Labute approximate surface area is 169 Å². The van der Waals surface area contributed by atoms with Gasteiger partial charge in [0.1, 0.15) is 21.7 Å². The van der Waals surface area contributed by atoms with Gasteiger partial charge in [0, 0.05) is 17.3 Å². The maximum absolute atomic E-state index is 13.9. The van der Waals surface area contributed by atoms with Crippen LogP contribution in [0.25, 0.3) is 16.3 Å². The first-order chi connectivity index (χ1) is 14.2. The van der Waals surface area contributed by atoms with E-state index in [1.165, 1.54) is 12.3 Å². The molecule has 4 rings (SSSR count). The highest BCUT2D eigenvalue weighted by Crippen LogP contribution is 2.27. The summed E-state index contributed by atoms with van der Waals surface area (Å²) in [6.07, 6.45) is 4.61. The quantitative estimate of drug-likeness (QED) is 0.543. The summed E-state index contributed by atoms with van der Waals surface area (Å²) in [6, 6.07) is 16.9. The van der Waals surface area contributed by atoms with Gasteiger partial charge in [0.05, 0.1) is 24.2 Å². The van der Waals surface area contributed by atoms with Crippen molar-refractivity contribution in [2.24, 2.45) is 0 Å². The second-order valence-electron chi connectivity index (χ2n) is 6.10. The van der Waals surface area contributed by atoms with Crippen molar-refractivity contribution in [1.82, 2.24) is 20.1 Å². The van der Waals surface area contributed by atoms with Crippen molar-refractivity contribution in [3.8, 4) is 22.3 Å². The Bertz CT molecular complexity index is 1200. The van der Waals surface area contributed by atoms with E-state index in [2.05, 4.69) is 21.5 Å². The zero-order chi connectivity index (χ0) is 20.2. The molecule has 0 radical (unpaired) electrons. The van der Waals surface area contributed by atoms with E-state index < -0.39 is 17.8 Å². The smallest absolute Gasteiger partial charge is 0.264 e. The number of benzene rings is 2. The fourth-order valence-corrected chi connectivity index (χ4v) is 3.58. The minimum absolute atomic E-state index is 0.291. The number of halogens is 1. The molecule has 2 aromatic heterocycles. The molecule has 2 heterocycles. The molecule has 6 nitrogen and oxygen atoms in total. The molecule has 0 fully saturated rings. The summed E-state index contributed by atoms with van der Waals surface area (Å²) in [4.78, 5) is 17.0. The van der Waals surface area contributed by atoms with Gasteiger partial charge >= 0.3 is 0 Å². The van der Waals surface area contributed by atoms with Crippen molar-refractivity contribution >= 4 is 17.2 Å². The van der Waals surface area contributed by atoms with Crippen LogP contribution in [-0.2, 0) is 0 Å². The van der Waals surface area contributed by atoms with Crippen LogP contribution < -0.4 is 5.32 Å². The summed E-state index contributed by atoms with van der Waals surface area (Å²) in [5.41, 5.74) is 1.74. The maximum atomic E-state index is 13.9. The van der Waals surface area contributed by atoms with Gasteiger partial charge in [-0.05, 0) is 24.3 Å². The lowest BCUT2D eigenvalue weighted by atomic mass is 10.2. The summed E-state index contributed by atoms with van der Waals surface area (Å²) in [5.74, 6) is -0.860. The molecular weight excluding hydrogens is 389 g/mol. The standard InChI is InChI=1S/C21H14FN5OS/c22-17-9-5-4-8-16(17)21-24-12-19(29-21)20(28)26-18(10-23)14-11-25-27(13-14)15-6-2-1-3-7-15/h1-9,11-13,18H,(H,26,28). The lowest BCUT2D eigenvalue weighted by Gasteiger charge is -2.08. The molecule has 0 aliphatic heterocycles. The molecule has 2 aromatic carbocycles. The number of rotatable bonds is 5. The van der Waals surface area contributed by atoms with Gasteiger partial charge in [-0.3, -0.25) is 4.79 Å². The normalized spacial score (nSPS) is 11.6. The minimum atomic E-state index is -0.876. The van der Waals surface area contributed by atoms with E-state index in [1.807, 2.05) is 30.3 Å². The summed E-state index contributed by atoms with van der Waals surface area (Å²) >= 11 is 1.06. The van der Waals surface area contributed by atoms with E-state index >= 15 is 0 Å². The average molecular weight is 403 g/mol. The highest BCUT2D eigenvalue weighted by molar-refractivity contribution is 7.16. The molecule has 1 unspecified atom stereocenters. The number of nitrogens with zero attached hydrogens (tertiary/aromatic N) is 4. The maximum Gasteiger partial charge on any atom is 0.264 e. The molecule has 29 heavy (non-hydrogen) atoms. The molecule has 1 atom stereocenters. The van der Waals surface area contributed by atoms with Crippen LogP contribution in [0, 0.1) is 17.1 Å². The van der Waals surface area contributed by atoms with Crippen LogP contribution in [0.4, 0.5) is 4.39 Å². The summed E-state index contributed by atoms with van der Waals surface area (Å²) in [7, 11) is 0. The Morgan fingerprint density at radius 1 is 1.14 bits per heavy atom. The van der Waals surface area contributed by atoms with Crippen LogP contribution in [0.15, 0.2) is 73.2 Å². The third kappa shape index (κ3) is 3.90. The van der Waals surface area contributed by atoms with E-state index in [1.54, 1.807) is 35.3 Å². The van der Waals surface area contributed by atoms with Crippen LogP contribution in [0.3, 0.4) is 0 Å². The molecule has 1 N–H and O–H groups in total. The topological polar surface area (TPSA) is 83.6 Å². The van der Waals surface area contributed by atoms with Gasteiger partial charge in [0.2, 0.25) is 0 Å². The van der Waals surface area contributed by atoms with Crippen LogP contribution in [0.1, 0.15) is 21.3 Å². The number of amides is 1. The van der Waals surface area contributed by atoms with E-state index in [0.29, 0.717) is 21.0 Å². The third-order valence-corrected chi connectivity index (χ3v) is 5.22. The van der Waals surface area contributed by atoms with E-state index in [-0.39, 0.29) is 0 Å². The van der Waals surface area contributed by atoms with Gasteiger partial charge in [-0.2, -0.15) is 10.4 Å². The summed E-state index contributed by atoms with van der Waals surface area (Å²) in [6.45, 7) is 0. The second-order valence-corrected chi connectivity index (χ2v) is 7.13. The summed E-state index contributed by atoms with van der Waals surface area (Å²) in [5, 5.41) is 16.8. The van der Waals surface area contributed by atoms with Crippen LogP contribution in [-0.4, -0.2) is 20.7 Å². The van der Waals surface area contributed by atoms with Crippen LogP contribution >= 0.6 is 11.3 Å². The molecule has 0 saturated carbocycles. The van der Waals surface area contributed by atoms with Crippen molar-refractivity contribution in [2.75, 3.05) is 0 Å². The number of nitrogens with one attached hydrogen (secondary N) is 1. The SMILES string of the molecule is N#CC(NC(=O)c1cnc(-c2ccccc2F)s1)c1cnn(-c2ccccc2)c1. The number of hydrogen-bond donors (Lipinski definition) is 1. The monoisotopic (exact) mass is 403 g/mol. The summed E-state index contributed by atoms with van der Waals surface area (Å²) < 4.78 is 15.6. The van der Waals surface area contributed by atoms with Gasteiger partial charge in [-0.15, -0.1) is 11.3 Å². The first-order valence-electron chi connectivity index (χ1n) is 8.67. The number of carbonyl (C=O) groups is 1. The zero-order valence-corrected chi connectivity index (χ0v) is 15.8.